The molecule has 1 nitrogen and oxygen atoms in total. The third-order valence-corrected chi connectivity index (χ3v) is 1.08. The van der Waals surface area contributed by atoms with E-state index in [0.29, 0.717) is 12.5 Å². The van der Waals surface area contributed by atoms with Crippen molar-refractivity contribution in [1.29, 1.82) is 0 Å². The van der Waals surface area contributed by atoms with Crippen molar-refractivity contribution in [3.63, 3.8) is 0 Å². The molecule has 0 aliphatic heterocycles. The highest BCUT2D eigenvalue weighted by Gasteiger charge is 1.95. The lowest BCUT2D eigenvalue weighted by molar-refractivity contribution is 0.666. The number of hydrogen-bond acceptors (Lipinski definition) is 1. The quantitative estimate of drug-likeness (QED) is 0.383. The molecule has 0 bridgehead atoms. The number of nitrogens with zero attached hydrogens (tertiary/aromatic N) is 1. The van der Waals surface area contributed by atoms with E-state index in [-0.39, 0.29) is 0 Å². The Balaban J connectivity index is 3.40. The average molecular weight is 109 g/mol. The highest BCUT2D eigenvalue weighted by atomic mass is 14.7. The third-order valence-electron chi connectivity index (χ3n) is 1.08. The van der Waals surface area contributed by atoms with Crippen LogP contribution in [0.2, 0.25) is 0 Å². The Morgan fingerprint density at radius 1 is 1.88 bits per heavy atom. The maximum Gasteiger partial charge on any atom is 0.0519 e. The summed E-state index contributed by atoms with van der Waals surface area (Å²) in [6, 6.07) is 0. The van der Waals surface area contributed by atoms with Crippen LogP contribution in [0.4, 0.5) is 0 Å². The Morgan fingerprint density at radius 3 is 2.62 bits per heavy atom. The molecule has 0 heterocycles. The molecule has 1 heteroatoms. The summed E-state index contributed by atoms with van der Waals surface area (Å²) in [6.07, 6.45) is 6.13. The highest BCUT2D eigenvalue weighted by Crippen LogP contribution is 1.98. The first-order valence-electron chi connectivity index (χ1n) is 2.73. The zero-order valence-corrected chi connectivity index (χ0v) is 5.22. The molecule has 0 rings (SSSR count). The van der Waals surface area contributed by atoms with Gasteiger partial charge >= 0.3 is 0 Å². The fraction of sp³-hybridized carbons (Fsp3) is 0.571. The summed E-state index contributed by atoms with van der Waals surface area (Å²) >= 11 is 0. The first-order valence-corrected chi connectivity index (χ1v) is 2.73. The van der Waals surface area contributed by atoms with Crippen LogP contribution in [0.25, 0.3) is 0 Å². The van der Waals surface area contributed by atoms with Crippen molar-refractivity contribution < 1.29 is 0 Å². The standard InChI is InChI=1S/C7H11N/c1-4-7(5-2)6-8-3/h1,7H,3,5-6H2,2H3. The fourth-order valence-corrected chi connectivity index (χ4v) is 0.455. The Labute approximate surface area is 50.8 Å². The van der Waals surface area contributed by atoms with Crippen molar-refractivity contribution >= 4 is 6.72 Å². The monoisotopic (exact) mass is 109 g/mol. The molecule has 8 heavy (non-hydrogen) atoms. The molecule has 1 unspecified atom stereocenters. The van der Waals surface area contributed by atoms with E-state index in [1.165, 1.54) is 0 Å². The molecule has 0 fully saturated rings. The second-order valence-corrected chi connectivity index (χ2v) is 1.68. The molecule has 0 aromatic heterocycles. The van der Waals surface area contributed by atoms with Gasteiger partial charge in [0.05, 0.1) is 6.54 Å². The molecule has 44 valence electrons. The summed E-state index contributed by atoms with van der Waals surface area (Å²) in [7, 11) is 0. The van der Waals surface area contributed by atoms with E-state index >= 15 is 0 Å². The van der Waals surface area contributed by atoms with Gasteiger partial charge in [0.25, 0.3) is 0 Å². The molecule has 0 saturated heterocycles. The van der Waals surface area contributed by atoms with E-state index in [9.17, 15) is 0 Å². The summed E-state index contributed by atoms with van der Waals surface area (Å²) in [5.74, 6) is 2.92. The van der Waals surface area contributed by atoms with Gasteiger partial charge in [-0.1, -0.05) is 6.92 Å². The minimum absolute atomic E-state index is 0.299. The highest BCUT2D eigenvalue weighted by molar-refractivity contribution is 5.23. The van der Waals surface area contributed by atoms with Gasteiger partial charge in [-0.25, -0.2) is 0 Å². The molecule has 0 radical (unpaired) electrons. The molecule has 0 amide bonds. The second kappa shape index (κ2) is 4.39. The van der Waals surface area contributed by atoms with Gasteiger partial charge in [-0.2, -0.15) is 0 Å². The molecule has 0 aliphatic rings. The Hall–Kier alpha value is -0.770. The molecule has 1 atom stereocenters. The Bertz CT molecular complexity index is 99.4. The zero-order chi connectivity index (χ0) is 6.41. The summed E-state index contributed by atoms with van der Waals surface area (Å²) < 4.78 is 0. The molecule has 0 aliphatic carbocycles. The summed E-state index contributed by atoms with van der Waals surface area (Å²) in [5, 5.41) is 0. The van der Waals surface area contributed by atoms with Crippen LogP contribution in [0.5, 0.6) is 0 Å². The minimum atomic E-state index is 0.299. The Kier molecular flexibility index (Phi) is 3.97. The topological polar surface area (TPSA) is 12.4 Å². The lowest BCUT2D eigenvalue weighted by Gasteiger charge is -1.99. The van der Waals surface area contributed by atoms with E-state index in [1.807, 2.05) is 0 Å². The fourth-order valence-electron chi connectivity index (χ4n) is 0.455. The van der Waals surface area contributed by atoms with Crippen molar-refractivity contribution in [3.05, 3.63) is 0 Å². The minimum Gasteiger partial charge on any atom is -0.300 e. The van der Waals surface area contributed by atoms with Gasteiger partial charge in [0, 0.05) is 5.92 Å². The summed E-state index contributed by atoms with van der Waals surface area (Å²) in [6.45, 7) is 6.10. The number of hydrogen-bond donors (Lipinski definition) is 0. The largest absolute Gasteiger partial charge is 0.300 e. The van der Waals surface area contributed by atoms with Crippen molar-refractivity contribution in [3.8, 4) is 12.3 Å². The van der Waals surface area contributed by atoms with Crippen LogP contribution in [0.3, 0.4) is 0 Å². The zero-order valence-electron chi connectivity index (χ0n) is 5.22. The molecule has 0 aromatic rings. The molecule has 0 aromatic carbocycles. The number of aliphatic imine (C=N–C) groups is 1. The van der Waals surface area contributed by atoms with Crippen molar-refractivity contribution in [1.82, 2.24) is 0 Å². The summed E-state index contributed by atoms with van der Waals surface area (Å²) in [4.78, 5) is 3.69. The van der Waals surface area contributed by atoms with Crippen LogP contribution < -0.4 is 0 Å². The van der Waals surface area contributed by atoms with Gasteiger partial charge in [0.2, 0.25) is 0 Å². The van der Waals surface area contributed by atoms with E-state index < -0.39 is 0 Å². The van der Waals surface area contributed by atoms with E-state index in [1.54, 1.807) is 0 Å². The number of terminal acetylenes is 1. The van der Waals surface area contributed by atoms with Crippen LogP contribution in [0.15, 0.2) is 4.99 Å². The maximum absolute atomic E-state index is 5.13. The first-order chi connectivity index (χ1) is 3.85. The normalized spacial score (nSPS) is 12.0. The van der Waals surface area contributed by atoms with Gasteiger partial charge < -0.3 is 0 Å². The third kappa shape index (κ3) is 2.41. The Morgan fingerprint density at radius 2 is 2.50 bits per heavy atom. The predicted molar refractivity (Wildman–Crippen MR) is 37.0 cm³/mol. The van der Waals surface area contributed by atoms with Crippen LogP contribution in [-0.4, -0.2) is 13.3 Å². The van der Waals surface area contributed by atoms with Crippen molar-refractivity contribution in [2.45, 2.75) is 13.3 Å². The van der Waals surface area contributed by atoms with Gasteiger partial charge in [-0.3, -0.25) is 4.99 Å². The second-order valence-electron chi connectivity index (χ2n) is 1.68. The van der Waals surface area contributed by atoms with E-state index in [4.69, 9.17) is 6.42 Å². The molecule has 0 saturated carbocycles. The van der Waals surface area contributed by atoms with Crippen molar-refractivity contribution in [2.75, 3.05) is 6.54 Å². The van der Waals surface area contributed by atoms with Gasteiger partial charge in [0.15, 0.2) is 0 Å². The van der Waals surface area contributed by atoms with Gasteiger partial charge in [0.1, 0.15) is 0 Å². The lowest BCUT2D eigenvalue weighted by Crippen LogP contribution is -1.97. The summed E-state index contributed by atoms with van der Waals surface area (Å²) in [5.41, 5.74) is 0. The van der Waals surface area contributed by atoms with Gasteiger partial charge in [-0.05, 0) is 13.1 Å². The number of rotatable bonds is 3. The van der Waals surface area contributed by atoms with Gasteiger partial charge in [-0.15, -0.1) is 12.3 Å². The van der Waals surface area contributed by atoms with E-state index in [2.05, 4.69) is 24.6 Å². The van der Waals surface area contributed by atoms with Crippen molar-refractivity contribution in [2.24, 2.45) is 10.9 Å². The maximum atomic E-state index is 5.13. The molecular weight excluding hydrogens is 98.1 g/mol. The lowest BCUT2D eigenvalue weighted by atomic mass is 10.1. The molecule has 0 spiro atoms. The average Bonchev–Trinajstić information content (AvgIpc) is 1.83. The molecular formula is C7H11N. The first kappa shape index (κ1) is 7.23. The van der Waals surface area contributed by atoms with Crippen LogP contribution in [-0.2, 0) is 0 Å². The van der Waals surface area contributed by atoms with Crippen LogP contribution in [0, 0.1) is 18.3 Å². The van der Waals surface area contributed by atoms with Crippen LogP contribution in [0.1, 0.15) is 13.3 Å². The predicted octanol–water partition coefficient (Wildman–Crippen LogP) is 1.35. The SMILES string of the molecule is C#CC(CC)CN=C. The smallest absolute Gasteiger partial charge is 0.0519 e. The van der Waals surface area contributed by atoms with Crippen LogP contribution >= 0.6 is 0 Å². The molecule has 0 N–H and O–H groups in total. The van der Waals surface area contributed by atoms with E-state index in [0.717, 1.165) is 6.42 Å².